The van der Waals surface area contributed by atoms with Crippen LogP contribution >= 0.6 is 0 Å². The van der Waals surface area contributed by atoms with Gasteiger partial charge in [0, 0.05) is 36.9 Å². The molecule has 0 heterocycles. The summed E-state index contributed by atoms with van der Waals surface area (Å²) in [5.41, 5.74) is 0.126. The Morgan fingerprint density at radius 2 is 0.864 bits per heavy atom. The number of anilines is 2. The van der Waals surface area contributed by atoms with E-state index >= 15 is 0 Å². The van der Waals surface area contributed by atoms with E-state index in [0.29, 0.717) is 24.2 Å². The van der Waals surface area contributed by atoms with Crippen LogP contribution in [-0.4, -0.2) is 37.0 Å². The number of carbonyl (C=O) groups is 2. The number of alkyl halides is 6. The molecular weight excluding hydrogens is 582 g/mol. The first-order chi connectivity index (χ1) is 20.9. The minimum absolute atomic E-state index is 0.111. The fraction of sp³-hybridized carbons (Fsp3) is 0.294. The van der Waals surface area contributed by atoms with Crippen molar-refractivity contribution >= 4 is 34.1 Å². The molecule has 0 aliphatic heterocycles. The standard InChI is InChI=1S/C32H30F6N2O2.C2H6/c1-3-19-39(21-27(29(41)31(33,34)35)23-11-7-5-8-12-23)25-15-17-26(18-16-25)40(20-4-2)22-28(30(42)32(36,37)38)24-13-9-6-10-14-24;1-2/h5-18,21-22H,3-4,19-20H2,1-2H3;1-2H3/b27-21-,28-22-;. The maximum absolute atomic E-state index is 13.5. The zero-order chi connectivity index (χ0) is 32.9. The first kappa shape index (κ1) is 35.9. The number of hydrogen-bond acceptors (Lipinski definition) is 4. The molecule has 0 radical (unpaired) electrons. The second-order valence-electron chi connectivity index (χ2n) is 9.37. The van der Waals surface area contributed by atoms with E-state index in [1.54, 1.807) is 36.4 Å². The molecule has 0 bridgehead atoms. The second-order valence-corrected chi connectivity index (χ2v) is 9.37. The number of hydrogen-bond donors (Lipinski definition) is 0. The summed E-state index contributed by atoms with van der Waals surface area (Å²) in [6, 6.07) is 21.5. The number of nitrogens with zero attached hydrogens (tertiary/aromatic N) is 2. The summed E-state index contributed by atoms with van der Waals surface area (Å²) in [6.45, 7) is 8.24. The Kier molecular flexibility index (Phi) is 13.4. The average Bonchev–Trinajstić information content (AvgIpc) is 3.01. The second kappa shape index (κ2) is 16.5. The highest BCUT2D eigenvalue weighted by Crippen LogP contribution is 2.31. The normalized spacial score (nSPS) is 12.2. The first-order valence-electron chi connectivity index (χ1n) is 14.3. The van der Waals surface area contributed by atoms with Gasteiger partial charge in [-0.05, 0) is 48.2 Å². The molecule has 3 rings (SSSR count). The number of ketones is 2. The highest BCUT2D eigenvalue weighted by atomic mass is 19.4. The van der Waals surface area contributed by atoms with Crippen molar-refractivity contribution in [2.45, 2.75) is 52.9 Å². The van der Waals surface area contributed by atoms with Crippen LogP contribution in [0.4, 0.5) is 37.7 Å². The van der Waals surface area contributed by atoms with E-state index in [0.717, 1.165) is 0 Å². The van der Waals surface area contributed by atoms with Gasteiger partial charge >= 0.3 is 12.4 Å². The summed E-state index contributed by atoms with van der Waals surface area (Å²) in [7, 11) is 0. The van der Waals surface area contributed by atoms with Crippen molar-refractivity contribution in [2.75, 3.05) is 22.9 Å². The predicted octanol–water partition coefficient (Wildman–Crippen LogP) is 9.49. The van der Waals surface area contributed by atoms with Crippen LogP contribution < -0.4 is 9.80 Å². The van der Waals surface area contributed by atoms with Gasteiger partial charge in [-0.25, -0.2) is 0 Å². The summed E-state index contributed by atoms with van der Waals surface area (Å²) < 4.78 is 80.9. The van der Waals surface area contributed by atoms with E-state index < -0.39 is 35.1 Å². The van der Waals surface area contributed by atoms with Crippen LogP contribution in [-0.2, 0) is 9.59 Å². The number of rotatable bonds is 12. The summed E-state index contributed by atoms with van der Waals surface area (Å²) in [5, 5.41) is 0. The van der Waals surface area contributed by atoms with Crippen molar-refractivity contribution < 1.29 is 35.9 Å². The molecule has 0 aromatic heterocycles. The molecule has 236 valence electrons. The van der Waals surface area contributed by atoms with Crippen LogP contribution in [0, 0.1) is 0 Å². The monoisotopic (exact) mass is 618 g/mol. The molecule has 0 fully saturated rings. The van der Waals surface area contributed by atoms with Crippen molar-refractivity contribution in [3.63, 3.8) is 0 Å². The molecule has 3 aromatic rings. The summed E-state index contributed by atoms with van der Waals surface area (Å²) >= 11 is 0. The van der Waals surface area contributed by atoms with E-state index in [1.807, 2.05) is 27.7 Å². The van der Waals surface area contributed by atoms with E-state index in [1.165, 1.54) is 70.7 Å². The number of halogens is 6. The Hall–Kier alpha value is -4.34. The van der Waals surface area contributed by atoms with Gasteiger partial charge in [-0.1, -0.05) is 88.4 Å². The molecule has 0 saturated heterocycles. The van der Waals surface area contributed by atoms with Crippen LogP contribution in [0.3, 0.4) is 0 Å². The minimum Gasteiger partial charge on any atom is -0.347 e. The van der Waals surface area contributed by atoms with Gasteiger partial charge in [-0.15, -0.1) is 0 Å². The molecule has 0 saturated carbocycles. The van der Waals surface area contributed by atoms with Gasteiger partial charge in [-0.2, -0.15) is 26.3 Å². The van der Waals surface area contributed by atoms with E-state index in [9.17, 15) is 35.9 Å². The Morgan fingerprint density at radius 1 is 0.568 bits per heavy atom. The van der Waals surface area contributed by atoms with Gasteiger partial charge < -0.3 is 9.80 Å². The topological polar surface area (TPSA) is 40.6 Å². The SMILES string of the molecule is CC.CCCN(/C=C(\C(=O)C(F)(F)F)c1ccccc1)c1ccc(N(/C=C(\C(=O)C(F)(F)F)c2ccccc2)CCC)cc1. The lowest BCUT2D eigenvalue weighted by Crippen LogP contribution is -2.27. The number of allylic oxidation sites excluding steroid dienone is 2. The average molecular weight is 619 g/mol. The molecule has 0 unspecified atom stereocenters. The molecule has 0 amide bonds. The predicted molar refractivity (Wildman–Crippen MR) is 164 cm³/mol. The molecule has 0 spiro atoms. The molecule has 3 aromatic carbocycles. The fourth-order valence-corrected chi connectivity index (χ4v) is 4.23. The largest absolute Gasteiger partial charge is 0.454 e. The maximum Gasteiger partial charge on any atom is 0.454 e. The van der Waals surface area contributed by atoms with Gasteiger partial charge in [0.1, 0.15) is 0 Å². The number of benzene rings is 3. The molecule has 0 N–H and O–H groups in total. The molecule has 0 aliphatic carbocycles. The third kappa shape index (κ3) is 9.86. The quantitative estimate of drug-likeness (QED) is 0.150. The Morgan fingerprint density at radius 3 is 1.11 bits per heavy atom. The summed E-state index contributed by atoms with van der Waals surface area (Å²) in [6.07, 6.45) is -6.73. The summed E-state index contributed by atoms with van der Waals surface area (Å²) in [5.74, 6) is -3.96. The molecular formula is C34H36F6N2O2. The van der Waals surface area contributed by atoms with E-state index in [4.69, 9.17) is 0 Å². The molecule has 44 heavy (non-hydrogen) atoms. The highest BCUT2D eigenvalue weighted by Gasteiger charge is 2.42. The number of carbonyl (C=O) groups excluding carboxylic acids is 2. The third-order valence-corrected chi connectivity index (χ3v) is 6.19. The lowest BCUT2D eigenvalue weighted by molar-refractivity contribution is -0.164. The molecule has 0 aliphatic rings. The molecule has 10 heteroatoms. The van der Waals surface area contributed by atoms with E-state index in [-0.39, 0.29) is 24.2 Å². The minimum atomic E-state index is -5.08. The van der Waals surface area contributed by atoms with Gasteiger partial charge in [0.25, 0.3) is 11.6 Å². The number of Topliss-reactive ketones (excluding diaryl/α,β-unsaturated/α-hetero) is 2. The van der Waals surface area contributed by atoms with E-state index in [2.05, 4.69) is 0 Å². The van der Waals surface area contributed by atoms with Crippen LogP contribution in [0.15, 0.2) is 97.3 Å². The lowest BCUT2D eigenvalue weighted by atomic mass is 10.0. The van der Waals surface area contributed by atoms with Crippen molar-refractivity contribution in [1.29, 1.82) is 0 Å². The Balaban J connectivity index is 0.00000330. The Labute approximate surface area is 254 Å². The van der Waals surface area contributed by atoms with Gasteiger partial charge in [0.2, 0.25) is 0 Å². The highest BCUT2D eigenvalue weighted by molar-refractivity contribution is 6.24. The smallest absolute Gasteiger partial charge is 0.347 e. The van der Waals surface area contributed by atoms with Crippen LogP contribution in [0.1, 0.15) is 51.7 Å². The Bertz CT molecular complexity index is 1290. The lowest BCUT2D eigenvalue weighted by Gasteiger charge is -2.25. The first-order valence-corrected chi connectivity index (χ1v) is 14.3. The summed E-state index contributed by atoms with van der Waals surface area (Å²) in [4.78, 5) is 27.8. The van der Waals surface area contributed by atoms with Crippen LogP contribution in [0.25, 0.3) is 11.1 Å². The third-order valence-electron chi connectivity index (χ3n) is 6.19. The maximum atomic E-state index is 13.5. The van der Waals surface area contributed by atoms with Gasteiger partial charge in [0.15, 0.2) is 0 Å². The zero-order valence-electron chi connectivity index (χ0n) is 25.0. The van der Waals surface area contributed by atoms with Gasteiger partial charge in [0.05, 0.1) is 11.1 Å². The van der Waals surface area contributed by atoms with Crippen LogP contribution in [0.2, 0.25) is 0 Å². The zero-order valence-corrected chi connectivity index (χ0v) is 25.0. The van der Waals surface area contributed by atoms with Crippen LogP contribution in [0.5, 0.6) is 0 Å². The molecule has 0 atom stereocenters. The van der Waals surface area contributed by atoms with Gasteiger partial charge in [-0.3, -0.25) is 9.59 Å². The van der Waals surface area contributed by atoms with Crippen molar-refractivity contribution in [3.8, 4) is 0 Å². The van der Waals surface area contributed by atoms with Crippen molar-refractivity contribution in [2.24, 2.45) is 0 Å². The molecule has 4 nitrogen and oxygen atoms in total. The fourth-order valence-electron chi connectivity index (χ4n) is 4.23. The van der Waals surface area contributed by atoms with Crippen molar-refractivity contribution in [3.05, 3.63) is 108 Å². The van der Waals surface area contributed by atoms with Crippen molar-refractivity contribution in [1.82, 2.24) is 0 Å².